The molecule has 0 amide bonds. The molecule has 0 saturated heterocycles. The predicted molar refractivity (Wildman–Crippen MR) is 71.2 cm³/mol. The minimum absolute atomic E-state index is 0.0916. The number of nitrogens with zero attached hydrogens (tertiary/aromatic N) is 3. The number of aromatic nitrogens is 3. The molecule has 1 aromatic rings. The Bertz CT molecular complexity index is 495. The molecule has 4 nitrogen and oxygen atoms in total. The molecule has 4 heteroatoms. The van der Waals surface area contributed by atoms with Gasteiger partial charge in [0.05, 0.1) is 11.9 Å². The molecule has 1 N–H and O–H groups in total. The zero-order valence-electron chi connectivity index (χ0n) is 11.8. The second kappa shape index (κ2) is 3.60. The molecule has 1 aromatic heterocycles. The molecule has 3 atom stereocenters. The van der Waals surface area contributed by atoms with Crippen LogP contribution in [0.1, 0.15) is 57.2 Å². The van der Waals surface area contributed by atoms with Gasteiger partial charge in [-0.1, -0.05) is 12.1 Å². The molecule has 3 unspecified atom stereocenters. The largest absolute Gasteiger partial charge is 0.386 e. The second-order valence-electron chi connectivity index (χ2n) is 7.82. The second-order valence-corrected chi connectivity index (χ2v) is 7.82. The summed E-state index contributed by atoms with van der Waals surface area (Å²) in [6.45, 7) is 2.44. The molecule has 4 aliphatic rings. The van der Waals surface area contributed by atoms with E-state index in [4.69, 9.17) is 0 Å². The predicted octanol–water partition coefficient (Wildman–Crippen LogP) is 2.46. The van der Waals surface area contributed by atoms with E-state index < -0.39 is 6.10 Å². The molecule has 4 bridgehead atoms. The number of aliphatic hydroxyl groups is 1. The minimum Gasteiger partial charge on any atom is -0.386 e. The highest BCUT2D eigenvalue weighted by atomic mass is 16.3. The van der Waals surface area contributed by atoms with E-state index in [9.17, 15) is 5.11 Å². The fraction of sp³-hybridized carbons (Fsp3) is 0.867. The topological polar surface area (TPSA) is 50.9 Å². The van der Waals surface area contributed by atoms with Gasteiger partial charge in [-0.15, -0.1) is 5.10 Å². The number of rotatable bonds is 2. The molecule has 4 fully saturated rings. The maximum atomic E-state index is 11.0. The van der Waals surface area contributed by atoms with E-state index in [1.807, 2.05) is 7.05 Å². The van der Waals surface area contributed by atoms with Crippen molar-refractivity contribution in [1.29, 1.82) is 0 Å². The van der Waals surface area contributed by atoms with Crippen molar-refractivity contribution in [2.45, 2.75) is 51.6 Å². The summed E-state index contributed by atoms with van der Waals surface area (Å²) in [5.41, 5.74) is 1.45. The van der Waals surface area contributed by atoms with Crippen LogP contribution >= 0.6 is 0 Å². The molecular formula is C15H23N3O. The number of hydrogen-bond donors (Lipinski definition) is 1. The SMILES string of the molecule is Cn1nncc1C(O)C12CC3CC(CC(C)(C3)C1)C2. The van der Waals surface area contributed by atoms with Gasteiger partial charge < -0.3 is 5.11 Å². The first kappa shape index (κ1) is 11.9. The Morgan fingerprint density at radius 1 is 1.32 bits per heavy atom. The first-order chi connectivity index (χ1) is 9.00. The zero-order chi connectivity index (χ0) is 13.3. The molecule has 104 valence electrons. The van der Waals surface area contributed by atoms with Crippen LogP contribution in [0, 0.1) is 22.7 Å². The van der Waals surface area contributed by atoms with Crippen molar-refractivity contribution in [3.63, 3.8) is 0 Å². The summed E-state index contributed by atoms with van der Waals surface area (Å²) < 4.78 is 1.74. The van der Waals surface area contributed by atoms with Crippen LogP contribution in [0.2, 0.25) is 0 Å². The average molecular weight is 261 g/mol. The van der Waals surface area contributed by atoms with Crippen LogP contribution in [0.25, 0.3) is 0 Å². The Balaban J connectivity index is 1.72. The van der Waals surface area contributed by atoms with Crippen LogP contribution in [0.5, 0.6) is 0 Å². The normalized spacial score (nSPS) is 45.6. The fourth-order valence-corrected chi connectivity index (χ4v) is 5.98. The van der Waals surface area contributed by atoms with E-state index in [-0.39, 0.29) is 5.41 Å². The van der Waals surface area contributed by atoms with Gasteiger partial charge in [-0.25, -0.2) is 4.68 Å². The van der Waals surface area contributed by atoms with Crippen LogP contribution in [-0.2, 0) is 7.05 Å². The fourth-order valence-electron chi connectivity index (χ4n) is 5.98. The van der Waals surface area contributed by atoms with Gasteiger partial charge in [-0.05, 0) is 55.8 Å². The van der Waals surface area contributed by atoms with E-state index >= 15 is 0 Å². The molecule has 4 aliphatic carbocycles. The van der Waals surface area contributed by atoms with E-state index in [1.54, 1.807) is 10.9 Å². The standard InChI is InChI=1S/C15H23N3O/c1-14-4-10-3-11(5-14)7-15(6-10,9-14)13(19)12-8-16-17-18(12)2/h8,10-11,13,19H,3-7,9H2,1-2H3. The Hall–Kier alpha value is -0.900. The lowest BCUT2D eigenvalue weighted by Gasteiger charge is -2.62. The lowest BCUT2D eigenvalue weighted by Crippen LogP contribution is -2.53. The van der Waals surface area contributed by atoms with Crippen LogP contribution in [0.15, 0.2) is 6.20 Å². The molecule has 5 rings (SSSR count). The number of aryl methyl sites for hydroxylation is 1. The Kier molecular flexibility index (Phi) is 2.25. The average Bonchev–Trinajstić information content (AvgIpc) is 2.71. The molecule has 0 aliphatic heterocycles. The number of hydrogen-bond acceptors (Lipinski definition) is 3. The first-order valence-corrected chi connectivity index (χ1v) is 7.52. The van der Waals surface area contributed by atoms with E-state index in [1.165, 1.54) is 38.5 Å². The van der Waals surface area contributed by atoms with Crippen molar-refractivity contribution in [3.8, 4) is 0 Å². The van der Waals surface area contributed by atoms with Crippen molar-refractivity contribution in [1.82, 2.24) is 15.0 Å². The molecular weight excluding hydrogens is 238 g/mol. The van der Waals surface area contributed by atoms with Crippen LogP contribution < -0.4 is 0 Å². The molecule has 19 heavy (non-hydrogen) atoms. The van der Waals surface area contributed by atoms with Crippen LogP contribution in [0.3, 0.4) is 0 Å². The highest BCUT2D eigenvalue weighted by Crippen LogP contribution is 2.68. The summed E-state index contributed by atoms with van der Waals surface area (Å²) in [7, 11) is 1.88. The maximum absolute atomic E-state index is 11.0. The van der Waals surface area contributed by atoms with Gasteiger partial charge in [-0.2, -0.15) is 0 Å². The zero-order valence-corrected chi connectivity index (χ0v) is 11.8. The summed E-state index contributed by atoms with van der Waals surface area (Å²) in [5.74, 6) is 1.67. The van der Waals surface area contributed by atoms with Gasteiger partial charge in [0.1, 0.15) is 6.10 Å². The van der Waals surface area contributed by atoms with Gasteiger partial charge in [0.15, 0.2) is 0 Å². The highest BCUT2D eigenvalue weighted by Gasteiger charge is 2.58. The van der Waals surface area contributed by atoms with Gasteiger partial charge >= 0.3 is 0 Å². The van der Waals surface area contributed by atoms with E-state index in [2.05, 4.69) is 17.2 Å². The third-order valence-electron chi connectivity index (χ3n) is 6.01. The third-order valence-corrected chi connectivity index (χ3v) is 6.01. The van der Waals surface area contributed by atoms with Gasteiger partial charge in [0, 0.05) is 12.5 Å². The van der Waals surface area contributed by atoms with E-state index in [0.717, 1.165) is 17.5 Å². The molecule has 0 spiro atoms. The van der Waals surface area contributed by atoms with Crippen LogP contribution in [-0.4, -0.2) is 20.1 Å². The van der Waals surface area contributed by atoms with Crippen molar-refractivity contribution in [3.05, 3.63) is 11.9 Å². The van der Waals surface area contributed by atoms with Gasteiger partial charge in [-0.3, -0.25) is 0 Å². The third kappa shape index (κ3) is 1.62. The van der Waals surface area contributed by atoms with Crippen LogP contribution in [0.4, 0.5) is 0 Å². The molecule has 1 heterocycles. The summed E-state index contributed by atoms with van der Waals surface area (Å²) in [6.07, 6.45) is 9.08. The molecule has 0 aromatic carbocycles. The summed E-state index contributed by atoms with van der Waals surface area (Å²) >= 11 is 0. The minimum atomic E-state index is -0.391. The number of aliphatic hydroxyl groups excluding tert-OH is 1. The molecule has 0 radical (unpaired) electrons. The first-order valence-electron chi connectivity index (χ1n) is 7.52. The molecule has 4 saturated carbocycles. The summed E-state index contributed by atoms with van der Waals surface area (Å²) in [5, 5.41) is 18.9. The maximum Gasteiger partial charge on any atom is 0.103 e. The monoisotopic (exact) mass is 261 g/mol. The van der Waals surface area contributed by atoms with Crippen molar-refractivity contribution in [2.75, 3.05) is 0 Å². The lowest BCUT2D eigenvalue weighted by molar-refractivity contribution is -0.156. The van der Waals surface area contributed by atoms with Crippen molar-refractivity contribution >= 4 is 0 Å². The quantitative estimate of drug-likeness (QED) is 0.889. The van der Waals surface area contributed by atoms with Crippen molar-refractivity contribution < 1.29 is 5.11 Å². The Labute approximate surface area is 114 Å². The highest BCUT2D eigenvalue weighted by molar-refractivity contribution is 5.14. The van der Waals surface area contributed by atoms with Gasteiger partial charge in [0.25, 0.3) is 0 Å². The Morgan fingerprint density at radius 2 is 2.00 bits per heavy atom. The summed E-state index contributed by atoms with van der Waals surface area (Å²) in [6, 6.07) is 0. The smallest absolute Gasteiger partial charge is 0.103 e. The van der Waals surface area contributed by atoms with Crippen molar-refractivity contribution in [2.24, 2.45) is 29.7 Å². The summed E-state index contributed by atoms with van der Waals surface area (Å²) in [4.78, 5) is 0. The van der Waals surface area contributed by atoms with Gasteiger partial charge in [0.2, 0.25) is 0 Å². The lowest BCUT2D eigenvalue weighted by atomic mass is 9.43. The van der Waals surface area contributed by atoms with E-state index in [0.29, 0.717) is 5.41 Å². The Morgan fingerprint density at radius 3 is 2.53 bits per heavy atom.